The van der Waals surface area contributed by atoms with Crippen molar-refractivity contribution in [3.63, 3.8) is 0 Å². The van der Waals surface area contributed by atoms with Crippen molar-refractivity contribution in [2.75, 3.05) is 13.2 Å². The molecule has 1 fully saturated rings. The molecule has 0 aliphatic heterocycles. The number of furan rings is 1. The number of hydrogen-bond donors (Lipinski definition) is 1. The number of aliphatic hydroxyl groups excluding tert-OH is 1. The van der Waals surface area contributed by atoms with E-state index in [1.807, 2.05) is 0 Å². The molecule has 1 amide bonds. The normalized spacial score (nSPS) is 14.6. The Balaban J connectivity index is 2.13. The first-order valence-corrected chi connectivity index (χ1v) is 5.29. The van der Waals surface area contributed by atoms with Gasteiger partial charge in [0.25, 0.3) is 5.91 Å². The molecule has 1 saturated carbocycles. The maximum atomic E-state index is 12.0. The molecule has 7 heteroatoms. The standard InChI is InChI=1S/C10H12N2O5/c13-6-5-11(7-1-2-7)10(14)8-3-4-9(17-8)12(15)16/h3-4,7,13H,1-2,5-6H2. The molecule has 0 saturated heterocycles. The molecule has 2 rings (SSSR count). The first-order valence-electron chi connectivity index (χ1n) is 5.29. The second-order valence-corrected chi connectivity index (χ2v) is 3.85. The van der Waals surface area contributed by atoms with Gasteiger partial charge < -0.3 is 14.4 Å². The quantitative estimate of drug-likeness (QED) is 0.606. The Morgan fingerprint density at radius 2 is 2.29 bits per heavy atom. The highest BCUT2D eigenvalue weighted by molar-refractivity contribution is 5.92. The van der Waals surface area contributed by atoms with Gasteiger partial charge in [-0.05, 0) is 18.9 Å². The minimum atomic E-state index is -0.690. The molecule has 0 spiro atoms. The lowest BCUT2D eigenvalue weighted by Gasteiger charge is -2.19. The van der Waals surface area contributed by atoms with Crippen LogP contribution in [0.4, 0.5) is 5.88 Å². The van der Waals surface area contributed by atoms with Crippen LogP contribution in [0.5, 0.6) is 0 Å². The lowest BCUT2D eigenvalue weighted by atomic mass is 10.3. The van der Waals surface area contributed by atoms with Crippen LogP contribution in [0.25, 0.3) is 0 Å². The number of rotatable bonds is 5. The summed E-state index contributed by atoms with van der Waals surface area (Å²) in [7, 11) is 0. The molecule has 0 bridgehead atoms. The Hall–Kier alpha value is -1.89. The van der Waals surface area contributed by atoms with Crippen molar-refractivity contribution >= 4 is 11.8 Å². The van der Waals surface area contributed by atoms with E-state index >= 15 is 0 Å². The maximum absolute atomic E-state index is 12.0. The molecule has 0 aromatic carbocycles. The van der Waals surface area contributed by atoms with Crippen LogP contribution in [-0.2, 0) is 0 Å². The molecule has 1 N–H and O–H groups in total. The lowest BCUT2D eigenvalue weighted by molar-refractivity contribution is -0.402. The van der Waals surface area contributed by atoms with Crippen LogP contribution < -0.4 is 0 Å². The zero-order chi connectivity index (χ0) is 12.4. The fraction of sp³-hybridized carbons (Fsp3) is 0.500. The number of carbonyl (C=O) groups excluding carboxylic acids is 1. The van der Waals surface area contributed by atoms with E-state index in [9.17, 15) is 14.9 Å². The summed E-state index contributed by atoms with van der Waals surface area (Å²) in [6, 6.07) is 2.56. The van der Waals surface area contributed by atoms with Gasteiger partial charge in [0.1, 0.15) is 4.92 Å². The van der Waals surface area contributed by atoms with Gasteiger partial charge in [0, 0.05) is 12.6 Å². The first kappa shape index (κ1) is 11.6. The second-order valence-electron chi connectivity index (χ2n) is 3.85. The zero-order valence-electron chi connectivity index (χ0n) is 9.04. The summed E-state index contributed by atoms with van der Waals surface area (Å²) in [5, 5.41) is 19.3. The van der Waals surface area contributed by atoms with Gasteiger partial charge in [-0.25, -0.2) is 0 Å². The molecule has 0 unspecified atom stereocenters. The van der Waals surface area contributed by atoms with Gasteiger partial charge in [0.15, 0.2) is 5.76 Å². The summed E-state index contributed by atoms with van der Waals surface area (Å²) in [5.41, 5.74) is 0. The molecule has 1 aliphatic rings. The predicted molar refractivity (Wildman–Crippen MR) is 56.5 cm³/mol. The number of nitro groups is 1. The highest BCUT2D eigenvalue weighted by atomic mass is 16.6. The number of hydrogen-bond acceptors (Lipinski definition) is 5. The van der Waals surface area contributed by atoms with Crippen molar-refractivity contribution in [3.8, 4) is 0 Å². The van der Waals surface area contributed by atoms with Crippen LogP contribution in [-0.4, -0.2) is 40.0 Å². The Kier molecular flexibility index (Phi) is 3.10. The van der Waals surface area contributed by atoms with E-state index in [2.05, 4.69) is 0 Å². The molecule has 1 heterocycles. The van der Waals surface area contributed by atoms with Crippen molar-refractivity contribution in [3.05, 3.63) is 28.0 Å². The van der Waals surface area contributed by atoms with Crippen molar-refractivity contribution in [2.45, 2.75) is 18.9 Å². The smallest absolute Gasteiger partial charge is 0.395 e. The summed E-state index contributed by atoms with van der Waals surface area (Å²) in [6.45, 7) is 0.0863. The monoisotopic (exact) mass is 240 g/mol. The van der Waals surface area contributed by atoms with Crippen LogP contribution in [0.2, 0.25) is 0 Å². The van der Waals surface area contributed by atoms with Crippen molar-refractivity contribution in [1.29, 1.82) is 0 Å². The zero-order valence-corrected chi connectivity index (χ0v) is 9.04. The largest absolute Gasteiger partial charge is 0.433 e. The van der Waals surface area contributed by atoms with Gasteiger partial charge in [0.05, 0.1) is 12.7 Å². The van der Waals surface area contributed by atoms with Gasteiger partial charge in [-0.15, -0.1) is 0 Å². The van der Waals surface area contributed by atoms with Crippen LogP contribution in [0, 0.1) is 10.1 Å². The third-order valence-electron chi connectivity index (χ3n) is 2.57. The fourth-order valence-electron chi connectivity index (χ4n) is 1.63. The molecule has 7 nitrogen and oxygen atoms in total. The molecule has 92 valence electrons. The predicted octanol–water partition coefficient (Wildman–Crippen LogP) is 0.785. The summed E-state index contributed by atoms with van der Waals surface area (Å²) < 4.78 is 4.84. The van der Waals surface area contributed by atoms with Gasteiger partial charge in [-0.2, -0.15) is 0 Å². The van der Waals surface area contributed by atoms with Crippen molar-refractivity contribution in [1.82, 2.24) is 4.90 Å². The van der Waals surface area contributed by atoms with Crippen molar-refractivity contribution < 1.29 is 19.2 Å². The van der Waals surface area contributed by atoms with Crippen LogP contribution in [0.1, 0.15) is 23.4 Å². The number of aliphatic hydroxyl groups is 1. The topological polar surface area (TPSA) is 96.8 Å². The summed E-state index contributed by atoms with van der Waals surface area (Å²) in [5.74, 6) is -0.917. The molecule has 1 aromatic heterocycles. The molecule has 0 radical (unpaired) electrons. The van der Waals surface area contributed by atoms with Crippen LogP contribution in [0.3, 0.4) is 0 Å². The van der Waals surface area contributed by atoms with E-state index in [1.54, 1.807) is 0 Å². The third kappa shape index (κ3) is 2.44. The van der Waals surface area contributed by atoms with E-state index in [-0.39, 0.29) is 25.0 Å². The highest BCUT2D eigenvalue weighted by Crippen LogP contribution is 2.28. The van der Waals surface area contributed by atoms with Gasteiger partial charge in [0.2, 0.25) is 0 Å². The summed E-state index contributed by atoms with van der Waals surface area (Å²) >= 11 is 0. The highest BCUT2D eigenvalue weighted by Gasteiger charge is 2.34. The van der Waals surface area contributed by atoms with Crippen molar-refractivity contribution in [2.24, 2.45) is 0 Å². The van der Waals surface area contributed by atoms with Gasteiger partial charge in [-0.3, -0.25) is 14.9 Å². The molecule has 1 aromatic rings. The maximum Gasteiger partial charge on any atom is 0.433 e. The van der Waals surface area contributed by atoms with E-state index in [1.165, 1.54) is 11.0 Å². The Morgan fingerprint density at radius 3 is 2.76 bits per heavy atom. The van der Waals surface area contributed by atoms with E-state index in [0.29, 0.717) is 0 Å². The van der Waals surface area contributed by atoms with Gasteiger partial charge in [-0.1, -0.05) is 0 Å². The number of amides is 1. The molecular formula is C10H12N2O5. The number of carbonyl (C=O) groups is 1. The minimum Gasteiger partial charge on any atom is -0.395 e. The fourth-order valence-corrected chi connectivity index (χ4v) is 1.63. The molecular weight excluding hydrogens is 228 g/mol. The summed E-state index contributed by atoms with van der Waals surface area (Å²) in [4.78, 5) is 23.2. The van der Waals surface area contributed by atoms with E-state index in [4.69, 9.17) is 9.52 Å². The summed E-state index contributed by atoms with van der Waals surface area (Å²) in [6.07, 6.45) is 1.79. The SMILES string of the molecule is O=C(c1ccc([N+](=O)[O-])o1)N(CCO)C1CC1. The average Bonchev–Trinajstić information content (AvgIpc) is 3.00. The van der Waals surface area contributed by atoms with Crippen LogP contribution >= 0.6 is 0 Å². The second kappa shape index (κ2) is 4.54. The molecule has 0 atom stereocenters. The van der Waals surface area contributed by atoms with Gasteiger partial charge >= 0.3 is 5.88 Å². The first-order chi connectivity index (χ1) is 8.13. The average molecular weight is 240 g/mol. The Morgan fingerprint density at radius 1 is 1.59 bits per heavy atom. The lowest BCUT2D eigenvalue weighted by Crippen LogP contribution is -2.35. The van der Waals surface area contributed by atoms with E-state index < -0.39 is 16.7 Å². The Labute approximate surface area is 96.8 Å². The minimum absolute atomic E-state index is 0.0583. The van der Waals surface area contributed by atoms with E-state index in [0.717, 1.165) is 18.9 Å². The third-order valence-corrected chi connectivity index (χ3v) is 2.57. The van der Waals surface area contributed by atoms with Crippen LogP contribution in [0.15, 0.2) is 16.5 Å². The molecule has 17 heavy (non-hydrogen) atoms. The number of nitrogens with zero attached hydrogens (tertiary/aromatic N) is 2. The Bertz CT molecular complexity index is 438. The molecule has 1 aliphatic carbocycles.